The molecule has 0 aliphatic rings. The fraction of sp³-hybridized carbons (Fsp3) is 0.400. The van der Waals surface area contributed by atoms with Crippen molar-refractivity contribution >= 4 is 0 Å². The molecule has 0 spiro atoms. The van der Waals surface area contributed by atoms with Gasteiger partial charge in [-0.2, -0.15) is 0 Å². The van der Waals surface area contributed by atoms with Crippen LogP contribution in [-0.2, 0) is 0 Å². The Morgan fingerprint density at radius 3 is 1.68 bits per heavy atom. The lowest BCUT2D eigenvalue weighted by Crippen LogP contribution is -2.12. The van der Waals surface area contributed by atoms with Gasteiger partial charge in [0.05, 0.1) is 0 Å². The average Bonchev–Trinajstić information content (AvgIpc) is 2.47. The predicted molar refractivity (Wildman–Crippen MR) is 91.6 cm³/mol. The zero-order valence-electron chi connectivity index (χ0n) is 13.9. The molecule has 2 nitrogen and oxygen atoms in total. The molecule has 0 saturated heterocycles. The van der Waals surface area contributed by atoms with Gasteiger partial charge in [-0.3, -0.25) is 0 Å². The molecule has 0 saturated carbocycles. The van der Waals surface area contributed by atoms with Crippen molar-refractivity contribution in [2.45, 2.75) is 46.5 Å². The largest absolute Gasteiger partial charge is 0.508 e. The third-order valence-corrected chi connectivity index (χ3v) is 4.47. The van der Waals surface area contributed by atoms with Crippen LogP contribution in [0.2, 0.25) is 0 Å². The molecule has 1 atom stereocenters. The molecule has 0 radical (unpaired) electrons. The Morgan fingerprint density at radius 2 is 1.32 bits per heavy atom. The maximum atomic E-state index is 9.79. The van der Waals surface area contributed by atoms with Gasteiger partial charge in [0.15, 0.2) is 0 Å². The van der Waals surface area contributed by atoms with E-state index in [0.29, 0.717) is 17.4 Å². The second-order valence-electron chi connectivity index (χ2n) is 6.34. The first-order chi connectivity index (χ1) is 10.4. The summed E-state index contributed by atoms with van der Waals surface area (Å²) < 4.78 is 0. The maximum absolute atomic E-state index is 9.79. The van der Waals surface area contributed by atoms with Crippen molar-refractivity contribution in [1.82, 2.24) is 0 Å². The molecule has 0 aromatic heterocycles. The van der Waals surface area contributed by atoms with Gasteiger partial charge in [0.25, 0.3) is 0 Å². The fourth-order valence-corrected chi connectivity index (χ4v) is 3.22. The number of hydrogen-bond donors (Lipinski definition) is 2. The van der Waals surface area contributed by atoms with E-state index in [4.69, 9.17) is 0 Å². The van der Waals surface area contributed by atoms with Crippen molar-refractivity contribution in [2.24, 2.45) is 5.92 Å². The monoisotopic (exact) mass is 298 g/mol. The van der Waals surface area contributed by atoms with Crippen molar-refractivity contribution in [3.63, 3.8) is 0 Å². The SMILES string of the molecule is CCCC(C)C(c1ccc(O)c(C)c1)c1ccc(O)c(C)c1. The highest BCUT2D eigenvalue weighted by Crippen LogP contribution is 2.37. The number of hydrogen-bond acceptors (Lipinski definition) is 2. The van der Waals surface area contributed by atoms with Crippen LogP contribution < -0.4 is 0 Å². The zero-order valence-corrected chi connectivity index (χ0v) is 13.9. The van der Waals surface area contributed by atoms with Crippen molar-refractivity contribution in [2.75, 3.05) is 0 Å². The summed E-state index contributed by atoms with van der Waals surface area (Å²) in [6, 6.07) is 11.7. The van der Waals surface area contributed by atoms with Gasteiger partial charge in [-0.1, -0.05) is 51.0 Å². The highest BCUT2D eigenvalue weighted by Gasteiger charge is 2.22. The van der Waals surface area contributed by atoms with Gasteiger partial charge in [0, 0.05) is 5.92 Å². The van der Waals surface area contributed by atoms with E-state index in [1.807, 2.05) is 26.0 Å². The average molecular weight is 298 g/mol. The molecule has 0 bridgehead atoms. The third-order valence-electron chi connectivity index (χ3n) is 4.47. The Labute approximate surface area is 133 Å². The Hall–Kier alpha value is -1.96. The van der Waals surface area contributed by atoms with E-state index in [1.54, 1.807) is 12.1 Å². The van der Waals surface area contributed by atoms with Gasteiger partial charge >= 0.3 is 0 Å². The van der Waals surface area contributed by atoms with Gasteiger partial charge in [-0.15, -0.1) is 0 Å². The van der Waals surface area contributed by atoms with Crippen LogP contribution >= 0.6 is 0 Å². The number of aryl methyl sites for hydroxylation is 2. The molecule has 22 heavy (non-hydrogen) atoms. The first-order valence-electron chi connectivity index (χ1n) is 8.03. The summed E-state index contributed by atoms with van der Waals surface area (Å²) in [5.74, 6) is 1.46. The lowest BCUT2D eigenvalue weighted by molar-refractivity contribution is 0.457. The standard InChI is InChI=1S/C20H26O2/c1-5-6-13(2)20(16-7-9-18(21)14(3)11-16)17-8-10-19(22)15(4)12-17/h7-13,20-22H,5-6H2,1-4H3. The second-order valence-corrected chi connectivity index (χ2v) is 6.34. The van der Waals surface area contributed by atoms with Crippen molar-refractivity contribution in [1.29, 1.82) is 0 Å². The number of phenols is 2. The molecule has 2 aromatic carbocycles. The Kier molecular flexibility index (Phi) is 5.12. The van der Waals surface area contributed by atoms with Crippen LogP contribution in [-0.4, -0.2) is 10.2 Å². The van der Waals surface area contributed by atoms with Crippen LogP contribution in [0.15, 0.2) is 36.4 Å². The third kappa shape index (κ3) is 3.44. The first-order valence-corrected chi connectivity index (χ1v) is 8.03. The summed E-state index contributed by atoms with van der Waals surface area (Å²) in [6.07, 6.45) is 2.29. The molecule has 0 amide bonds. The van der Waals surface area contributed by atoms with Crippen molar-refractivity contribution in [3.8, 4) is 11.5 Å². The number of rotatable bonds is 5. The van der Waals surface area contributed by atoms with E-state index in [-0.39, 0.29) is 5.92 Å². The number of benzene rings is 2. The lowest BCUT2D eigenvalue weighted by Gasteiger charge is -2.26. The van der Waals surface area contributed by atoms with Gasteiger partial charge in [0.1, 0.15) is 11.5 Å². The summed E-state index contributed by atoms with van der Waals surface area (Å²) in [7, 11) is 0. The smallest absolute Gasteiger partial charge is 0.118 e. The van der Waals surface area contributed by atoms with Crippen LogP contribution in [0.1, 0.15) is 54.9 Å². The normalized spacial score (nSPS) is 12.6. The van der Waals surface area contributed by atoms with Crippen LogP contribution in [0.3, 0.4) is 0 Å². The number of aromatic hydroxyl groups is 2. The molecular formula is C20H26O2. The van der Waals surface area contributed by atoms with E-state index in [1.165, 1.54) is 11.1 Å². The fourth-order valence-electron chi connectivity index (χ4n) is 3.22. The van der Waals surface area contributed by atoms with Gasteiger partial charge < -0.3 is 10.2 Å². The second kappa shape index (κ2) is 6.87. The molecule has 2 rings (SSSR count). The van der Waals surface area contributed by atoms with Crippen LogP contribution in [0.5, 0.6) is 11.5 Å². The molecule has 2 heteroatoms. The molecule has 0 fully saturated rings. The topological polar surface area (TPSA) is 40.5 Å². The summed E-state index contributed by atoms with van der Waals surface area (Å²) >= 11 is 0. The highest BCUT2D eigenvalue weighted by atomic mass is 16.3. The molecule has 2 N–H and O–H groups in total. The van der Waals surface area contributed by atoms with E-state index >= 15 is 0 Å². The maximum Gasteiger partial charge on any atom is 0.118 e. The van der Waals surface area contributed by atoms with Crippen LogP contribution in [0.4, 0.5) is 0 Å². The van der Waals surface area contributed by atoms with Crippen LogP contribution in [0, 0.1) is 19.8 Å². The van der Waals surface area contributed by atoms with Gasteiger partial charge in [0.2, 0.25) is 0 Å². The van der Waals surface area contributed by atoms with Crippen molar-refractivity contribution < 1.29 is 10.2 Å². The Balaban J connectivity index is 2.50. The van der Waals surface area contributed by atoms with E-state index in [0.717, 1.165) is 24.0 Å². The molecule has 0 heterocycles. The number of phenolic OH excluding ortho intramolecular Hbond substituents is 2. The molecular weight excluding hydrogens is 272 g/mol. The van der Waals surface area contributed by atoms with E-state index in [9.17, 15) is 10.2 Å². The summed E-state index contributed by atoms with van der Waals surface area (Å²) in [5.41, 5.74) is 4.26. The Bertz CT molecular complexity index is 595. The summed E-state index contributed by atoms with van der Waals surface area (Å²) in [6.45, 7) is 8.35. The van der Waals surface area contributed by atoms with Gasteiger partial charge in [-0.05, 0) is 54.2 Å². The van der Waals surface area contributed by atoms with Gasteiger partial charge in [-0.25, -0.2) is 0 Å². The van der Waals surface area contributed by atoms with E-state index in [2.05, 4.69) is 26.0 Å². The van der Waals surface area contributed by atoms with E-state index < -0.39 is 0 Å². The first kappa shape index (κ1) is 16.4. The molecule has 2 aromatic rings. The Morgan fingerprint density at radius 1 is 0.864 bits per heavy atom. The quantitative estimate of drug-likeness (QED) is 0.788. The minimum atomic E-state index is 0.276. The van der Waals surface area contributed by atoms with Crippen LogP contribution in [0.25, 0.3) is 0 Å². The molecule has 1 unspecified atom stereocenters. The summed E-state index contributed by atoms with van der Waals surface area (Å²) in [4.78, 5) is 0. The predicted octanol–water partition coefficient (Wildman–Crippen LogP) is 5.28. The summed E-state index contributed by atoms with van der Waals surface area (Å²) in [5, 5.41) is 19.6. The zero-order chi connectivity index (χ0) is 16.3. The molecule has 118 valence electrons. The molecule has 0 aliphatic heterocycles. The minimum Gasteiger partial charge on any atom is -0.508 e. The lowest BCUT2D eigenvalue weighted by atomic mass is 9.79. The minimum absolute atomic E-state index is 0.276. The van der Waals surface area contributed by atoms with Crippen molar-refractivity contribution in [3.05, 3.63) is 58.7 Å². The highest BCUT2D eigenvalue weighted by molar-refractivity contribution is 5.44. The molecule has 0 aliphatic carbocycles.